The fourth-order valence-electron chi connectivity index (χ4n) is 3.54. The van der Waals surface area contributed by atoms with E-state index in [1.807, 2.05) is 15.6 Å². The van der Waals surface area contributed by atoms with Crippen LogP contribution in [0.1, 0.15) is 35.3 Å². The van der Waals surface area contributed by atoms with Gasteiger partial charge in [0.15, 0.2) is 0 Å². The Bertz CT molecular complexity index is 688. The second-order valence-corrected chi connectivity index (χ2v) is 7.37. The van der Waals surface area contributed by atoms with E-state index in [9.17, 15) is 4.79 Å². The first-order valence-corrected chi connectivity index (χ1v) is 9.20. The van der Waals surface area contributed by atoms with Crippen molar-refractivity contribution in [1.82, 2.24) is 19.7 Å². The number of hydrogen-bond donors (Lipinski definition) is 0. The molecule has 2 aliphatic rings. The minimum absolute atomic E-state index is 0.0468. The lowest BCUT2D eigenvalue weighted by atomic mass is 9.99. The topological polar surface area (TPSA) is 51.0 Å². The van der Waals surface area contributed by atoms with Crippen molar-refractivity contribution in [3.05, 3.63) is 48.0 Å². The molecule has 0 radical (unpaired) electrons. The lowest BCUT2D eigenvalue weighted by molar-refractivity contribution is -0.132. The Balaban J connectivity index is 1.53. The predicted octanol–water partition coefficient (Wildman–Crippen LogP) is 2.47. The van der Waals surface area contributed by atoms with E-state index in [1.54, 1.807) is 24.4 Å². The molecule has 23 heavy (non-hydrogen) atoms. The third-order valence-electron chi connectivity index (χ3n) is 4.74. The molecule has 120 valence electrons. The van der Waals surface area contributed by atoms with Crippen LogP contribution in [0.2, 0.25) is 0 Å². The molecule has 1 aromatic heterocycles. The van der Waals surface area contributed by atoms with Gasteiger partial charge >= 0.3 is 0 Å². The number of piperidine rings is 1. The first-order valence-electron chi connectivity index (χ1n) is 8.15. The van der Waals surface area contributed by atoms with E-state index in [4.69, 9.17) is 0 Å². The lowest BCUT2D eigenvalue weighted by Crippen LogP contribution is -2.43. The van der Waals surface area contributed by atoms with Gasteiger partial charge in [0.25, 0.3) is 0 Å². The highest BCUT2D eigenvalue weighted by Crippen LogP contribution is 2.38. The van der Waals surface area contributed by atoms with Crippen LogP contribution in [-0.2, 0) is 11.2 Å². The molecule has 0 saturated carbocycles. The fraction of sp³-hybridized carbons (Fsp3) is 0.471. The number of carbonyl (C=O) groups is 1. The summed E-state index contributed by atoms with van der Waals surface area (Å²) in [5.74, 6) is 1.28. The third kappa shape index (κ3) is 2.87. The highest BCUT2D eigenvalue weighted by Gasteiger charge is 2.33. The number of aryl methyl sites for hydroxylation is 1. The molecule has 5 nitrogen and oxygen atoms in total. The van der Waals surface area contributed by atoms with Crippen LogP contribution in [0.4, 0.5) is 0 Å². The van der Waals surface area contributed by atoms with Crippen molar-refractivity contribution in [3.63, 3.8) is 0 Å². The van der Waals surface area contributed by atoms with Crippen LogP contribution >= 0.6 is 11.8 Å². The molecule has 3 heterocycles. The molecule has 1 aromatic carbocycles. The average molecular weight is 328 g/mol. The van der Waals surface area contributed by atoms with Crippen molar-refractivity contribution in [2.45, 2.75) is 30.6 Å². The Hall–Kier alpha value is -1.82. The number of nitrogens with zero attached hydrogens (tertiary/aromatic N) is 4. The fourth-order valence-corrected chi connectivity index (χ4v) is 4.82. The lowest BCUT2D eigenvalue weighted by Gasteiger charge is -2.36. The summed E-state index contributed by atoms with van der Waals surface area (Å²) in [5.41, 5.74) is 2.53. The molecule has 0 N–H and O–H groups in total. The number of likely N-dealkylation sites (tertiary alicyclic amines) is 1. The zero-order valence-electron chi connectivity index (χ0n) is 13.0. The van der Waals surface area contributed by atoms with Gasteiger partial charge in [-0.2, -0.15) is 5.10 Å². The van der Waals surface area contributed by atoms with Gasteiger partial charge in [0, 0.05) is 13.1 Å². The van der Waals surface area contributed by atoms with Crippen molar-refractivity contribution in [2.75, 3.05) is 18.8 Å². The summed E-state index contributed by atoms with van der Waals surface area (Å²) < 4.78 is 1.89. The van der Waals surface area contributed by atoms with Gasteiger partial charge in [-0.05, 0) is 36.1 Å². The molecule has 2 atom stereocenters. The summed E-state index contributed by atoms with van der Waals surface area (Å²) >= 11 is 1.78. The Kier molecular flexibility index (Phi) is 4.08. The first kappa shape index (κ1) is 14.8. The molecule has 0 unspecified atom stereocenters. The van der Waals surface area contributed by atoms with Gasteiger partial charge in [-0.25, -0.2) is 9.67 Å². The van der Waals surface area contributed by atoms with E-state index in [0.29, 0.717) is 0 Å². The largest absolute Gasteiger partial charge is 0.339 e. The molecule has 2 aromatic rings. The summed E-state index contributed by atoms with van der Waals surface area (Å²) in [7, 11) is 0. The van der Waals surface area contributed by atoms with Crippen LogP contribution in [0.15, 0.2) is 36.9 Å². The first-order chi connectivity index (χ1) is 11.3. The SMILES string of the molecule is O=C([C@@H]1SCCc2ccccc21)N1CCC[C@@H](n2cncn2)C1. The van der Waals surface area contributed by atoms with Crippen molar-refractivity contribution in [3.8, 4) is 0 Å². The number of fused-ring (bicyclic) bond motifs is 1. The van der Waals surface area contributed by atoms with E-state index in [0.717, 1.165) is 38.1 Å². The number of amides is 1. The number of hydrogen-bond acceptors (Lipinski definition) is 4. The number of rotatable bonds is 2. The van der Waals surface area contributed by atoms with Crippen LogP contribution < -0.4 is 0 Å². The van der Waals surface area contributed by atoms with Gasteiger partial charge in [-0.3, -0.25) is 4.79 Å². The van der Waals surface area contributed by atoms with Crippen LogP contribution in [0.3, 0.4) is 0 Å². The van der Waals surface area contributed by atoms with Gasteiger partial charge < -0.3 is 4.90 Å². The molecule has 0 spiro atoms. The van der Waals surface area contributed by atoms with Gasteiger partial charge in [-0.15, -0.1) is 11.8 Å². The summed E-state index contributed by atoms with van der Waals surface area (Å²) in [4.78, 5) is 19.1. The van der Waals surface area contributed by atoms with Gasteiger partial charge in [0.2, 0.25) is 5.91 Å². The second-order valence-electron chi connectivity index (χ2n) is 6.16. The number of carbonyl (C=O) groups excluding carboxylic acids is 1. The zero-order valence-corrected chi connectivity index (χ0v) is 13.8. The zero-order chi connectivity index (χ0) is 15.6. The Morgan fingerprint density at radius 3 is 3.09 bits per heavy atom. The van der Waals surface area contributed by atoms with Crippen LogP contribution in [0.5, 0.6) is 0 Å². The predicted molar refractivity (Wildman–Crippen MR) is 90.2 cm³/mol. The maximum absolute atomic E-state index is 13.1. The molecule has 0 bridgehead atoms. The number of thioether (sulfide) groups is 1. The Morgan fingerprint density at radius 1 is 1.30 bits per heavy atom. The van der Waals surface area contributed by atoms with E-state index in [-0.39, 0.29) is 17.2 Å². The molecule has 0 aliphatic carbocycles. The third-order valence-corrected chi connectivity index (χ3v) is 5.97. The van der Waals surface area contributed by atoms with E-state index >= 15 is 0 Å². The molecule has 1 saturated heterocycles. The molecule has 1 fully saturated rings. The summed E-state index contributed by atoms with van der Waals surface area (Å²) in [6, 6.07) is 8.63. The van der Waals surface area contributed by atoms with Crippen molar-refractivity contribution < 1.29 is 4.79 Å². The minimum Gasteiger partial charge on any atom is -0.339 e. The number of aromatic nitrogens is 3. The van der Waals surface area contributed by atoms with Gasteiger partial charge in [0.1, 0.15) is 17.9 Å². The van der Waals surface area contributed by atoms with Crippen molar-refractivity contribution in [1.29, 1.82) is 0 Å². The molecular weight excluding hydrogens is 308 g/mol. The maximum atomic E-state index is 13.1. The monoisotopic (exact) mass is 328 g/mol. The van der Waals surface area contributed by atoms with E-state index < -0.39 is 0 Å². The minimum atomic E-state index is -0.0468. The summed E-state index contributed by atoms with van der Waals surface area (Å²) in [6.45, 7) is 1.59. The Labute approximate surface area is 140 Å². The van der Waals surface area contributed by atoms with Crippen molar-refractivity contribution >= 4 is 17.7 Å². The smallest absolute Gasteiger partial charge is 0.240 e. The molecular formula is C17H20N4OS. The summed E-state index contributed by atoms with van der Waals surface area (Å²) in [6.07, 6.45) is 6.46. The van der Waals surface area contributed by atoms with Crippen molar-refractivity contribution in [2.24, 2.45) is 0 Å². The van der Waals surface area contributed by atoms with Crippen LogP contribution in [0.25, 0.3) is 0 Å². The average Bonchev–Trinajstić information content (AvgIpc) is 3.15. The molecule has 2 aliphatic heterocycles. The second kappa shape index (κ2) is 6.35. The standard InChI is InChI=1S/C17H20N4OS/c22-17(16-15-6-2-1-4-13(15)7-9-23-16)20-8-3-5-14(10-20)21-12-18-11-19-21/h1-2,4,6,11-12,14,16H,3,5,7-10H2/t14-,16-/m1/s1. The van der Waals surface area contributed by atoms with E-state index in [2.05, 4.69) is 28.3 Å². The quantitative estimate of drug-likeness (QED) is 0.850. The van der Waals surface area contributed by atoms with Crippen LogP contribution in [-0.4, -0.2) is 44.4 Å². The summed E-state index contributed by atoms with van der Waals surface area (Å²) in [5, 5.41) is 4.20. The van der Waals surface area contributed by atoms with Gasteiger partial charge in [0.05, 0.1) is 6.04 Å². The highest BCUT2D eigenvalue weighted by molar-refractivity contribution is 8.00. The van der Waals surface area contributed by atoms with Gasteiger partial charge in [-0.1, -0.05) is 24.3 Å². The highest BCUT2D eigenvalue weighted by atomic mass is 32.2. The maximum Gasteiger partial charge on any atom is 0.240 e. The van der Waals surface area contributed by atoms with E-state index in [1.165, 1.54) is 11.1 Å². The molecule has 1 amide bonds. The number of benzene rings is 1. The Morgan fingerprint density at radius 2 is 2.22 bits per heavy atom. The molecule has 4 rings (SSSR count). The van der Waals surface area contributed by atoms with Crippen LogP contribution in [0, 0.1) is 0 Å². The normalized spacial score (nSPS) is 24.3. The molecule has 6 heteroatoms.